The van der Waals surface area contributed by atoms with Crippen LogP contribution in [0.5, 0.6) is 0 Å². The van der Waals surface area contributed by atoms with Gasteiger partial charge >= 0.3 is 5.97 Å². The summed E-state index contributed by atoms with van der Waals surface area (Å²) in [5.74, 6) is 0.724. The van der Waals surface area contributed by atoms with Gasteiger partial charge in [0.2, 0.25) is 0 Å². The first kappa shape index (κ1) is 26.0. The summed E-state index contributed by atoms with van der Waals surface area (Å²) < 4.78 is 7.47. The van der Waals surface area contributed by atoms with E-state index in [0.29, 0.717) is 17.1 Å². The number of nitriles is 1. The van der Waals surface area contributed by atoms with Crippen LogP contribution in [0.15, 0.2) is 41.3 Å². The van der Waals surface area contributed by atoms with Crippen LogP contribution in [0.2, 0.25) is 0 Å². The molecular formula is C30H37N5O3. The van der Waals surface area contributed by atoms with Crippen LogP contribution >= 0.6 is 0 Å². The number of carbonyl (C=O) groups excluding carboxylic acids is 1. The predicted octanol–water partition coefficient (Wildman–Crippen LogP) is 6.34. The molecule has 2 atom stereocenters. The van der Waals surface area contributed by atoms with Gasteiger partial charge in [-0.15, -0.1) is 0 Å². The molecule has 2 aliphatic carbocycles. The van der Waals surface area contributed by atoms with Gasteiger partial charge in [0.25, 0.3) is 5.56 Å². The molecule has 0 aliphatic heterocycles. The summed E-state index contributed by atoms with van der Waals surface area (Å²) in [4.78, 5) is 28.0. The van der Waals surface area contributed by atoms with Crippen molar-refractivity contribution in [3.63, 3.8) is 0 Å². The Balaban J connectivity index is 1.31. The summed E-state index contributed by atoms with van der Waals surface area (Å²) in [5, 5.41) is 18.4. The average molecular weight is 516 g/mol. The van der Waals surface area contributed by atoms with Gasteiger partial charge in [0.05, 0.1) is 29.5 Å². The minimum Gasteiger partial charge on any atom is -0.460 e. The molecule has 8 heteroatoms. The van der Waals surface area contributed by atoms with Crippen molar-refractivity contribution >= 4 is 28.4 Å². The molecule has 2 N–H and O–H groups in total. The summed E-state index contributed by atoms with van der Waals surface area (Å²) in [7, 11) is 0. The summed E-state index contributed by atoms with van der Waals surface area (Å²) in [6.45, 7) is 5.73. The van der Waals surface area contributed by atoms with Gasteiger partial charge in [0.15, 0.2) is 5.82 Å². The lowest BCUT2D eigenvalue weighted by Gasteiger charge is -2.30. The molecule has 2 fully saturated rings. The number of fused-ring (bicyclic) bond motifs is 1. The van der Waals surface area contributed by atoms with Gasteiger partial charge in [-0.2, -0.15) is 10.4 Å². The van der Waals surface area contributed by atoms with Crippen LogP contribution < -0.4 is 10.9 Å². The first-order valence-corrected chi connectivity index (χ1v) is 13.8. The van der Waals surface area contributed by atoms with E-state index in [2.05, 4.69) is 28.5 Å². The number of pyridine rings is 1. The van der Waals surface area contributed by atoms with Crippen molar-refractivity contribution in [3.05, 3.63) is 52.4 Å². The molecule has 2 heterocycles. The summed E-state index contributed by atoms with van der Waals surface area (Å²) in [5.41, 5.74) is 2.22. The zero-order valence-corrected chi connectivity index (χ0v) is 22.5. The number of nitrogens with zero attached hydrogens (tertiary/aromatic N) is 3. The first-order chi connectivity index (χ1) is 18.2. The van der Waals surface area contributed by atoms with Gasteiger partial charge in [-0.3, -0.25) is 14.3 Å². The van der Waals surface area contributed by atoms with Crippen LogP contribution in [0.1, 0.15) is 89.7 Å². The zero-order chi connectivity index (χ0) is 26.9. The molecule has 0 amide bonds. The third-order valence-corrected chi connectivity index (χ3v) is 7.95. The van der Waals surface area contributed by atoms with Gasteiger partial charge in [0, 0.05) is 11.9 Å². The van der Waals surface area contributed by atoms with E-state index in [4.69, 9.17) is 9.84 Å². The number of anilines is 2. The van der Waals surface area contributed by atoms with E-state index >= 15 is 0 Å². The number of benzene rings is 1. The Hall–Kier alpha value is -3.60. The van der Waals surface area contributed by atoms with Crippen molar-refractivity contribution in [1.82, 2.24) is 14.8 Å². The molecule has 2 aromatic heterocycles. The summed E-state index contributed by atoms with van der Waals surface area (Å²) in [6, 6.07) is 12.6. The Morgan fingerprint density at radius 2 is 1.79 bits per heavy atom. The van der Waals surface area contributed by atoms with E-state index in [0.717, 1.165) is 62.6 Å². The van der Waals surface area contributed by atoms with Crippen LogP contribution in [0.3, 0.4) is 0 Å². The van der Waals surface area contributed by atoms with E-state index in [1.54, 1.807) is 6.20 Å². The first-order valence-electron chi connectivity index (χ1n) is 13.8. The molecular weight excluding hydrogens is 478 g/mol. The second-order valence-electron chi connectivity index (χ2n) is 11.8. The van der Waals surface area contributed by atoms with Gasteiger partial charge in [0.1, 0.15) is 11.0 Å². The maximum atomic E-state index is 12.8. The number of esters is 1. The number of hydrogen-bond donors (Lipinski definition) is 2. The lowest BCUT2D eigenvalue weighted by Crippen LogP contribution is -2.30. The van der Waals surface area contributed by atoms with Crippen LogP contribution in [-0.2, 0) is 9.53 Å². The van der Waals surface area contributed by atoms with Crippen LogP contribution in [0.4, 0.5) is 11.5 Å². The largest absolute Gasteiger partial charge is 0.460 e. The zero-order valence-electron chi connectivity index (χ0n) is 22.5. The molecule has 0 spiro atoms. The molecule has 38 heavy (non-hydrogen) atoms. The van der Waals surface area contributed by atoms with E-state index in [1.165, 1.54) is 5.56 Å². The van der Waals surface area contributed by atoms with Gasteiger partial charge in [-0.25, -0.2) is 0 Å². The molecule has 0 saturated heterocycles. The molecule has 0 bridgehead atoms. The molecule has 0 radical (unpaired) electrons. The fraction of sp³-hybridized carbons (Fsp3) is 0.533. The number of hydrogen-bond acceptors (Lipinski definition) is 6. The van der Waals surface area contributed by atoms with Crippen molar-refractivity contribution in [1.29, 1.82) is 5.26 Å². The summed E-state index contributed by atoms with van der Waals surface area (Å²) in [6.07, 6.45) is 9.09. The number of aromatic nitrogens is 3. The molecule has 2 aliphatic rings. The van der Waals surface area contributed by atoms with Crippen LogP contribution in [0, 0.1) is 23.2 Å². The lowest BCUT2D eigenvalue weighted by molar-refractivity contribution is -0.161. The fourth-order valence-corrected chi connectivity index (χ4v) is 6.02. The molecule has 1 aromatic carbocycles. The third kappa shape index (κ3) is 5.47. The maximum Gasteiger partial charge on any atom is 0.309 e. The number of rotatable bonds is 5. The second-order valence-corrected chi connectivity index (χ2v) is 11.8. The second kappa shape index (κ2) is 10.6. The molecule has 8 nitrogen and oxygen atoms in total. The minimum atomic E-state index is -0.448. The smallest absolute Gasteiger partial charge is 0.309 e. The highest BCUT2D eigenvalue weighted by Crippen LogP contribution is 2.38. The predicted molar refractivity (Wildman–Crippen MR) is 147 cm³/mol. The van der Waals surface area contributed by atoms with E-state index in [1.807, 2.05) is 43.7 Å². The lowest BCUT2D eigenvalue weighted by atomic mass is 9.78. The third-order valence-electron chi connectivity index (χ3n) is 7.95. The Kier molecular flexibility index (Phi) is 7.29. The van der Waals surface area contributed by atoms with Gasteiger partial charge < -0.3 is 15.0 Å². The molecule has 2 saturated carbocycles. The fourth-order valence-electron chi connectivity index (χ4n) is 6.02. The van der Waals surface area contributed by atoms with E-state index in [-0.39, 0.29) is 29.4 Å². The van der Waals surface area contributed by atoms with Gasteiger partial charge in [-0.05, 0) is 89.0 Å². The maximum absolute atomic E-state index is 12.8. The highest BCUT2D eigenvalue weighted by atomic mass is 16.6. The Morgan fingerprint density at radius 3 is 2.47 bits per heavy atom. The Labute approximate surface area is 223 Å². The van der Waals surface area contributed by atoms with E-state index < -0.39 is 5.60 Å². The number of aromatic amines is 1. The average Bonchev–Trinajstić information content (AvgIpc) is 3.27. The normalized spacial score (nSPS) is 24.1. The van der Waals surface area contributed by atoms with Crippen molar-refractivity contribution in [2.75, 3.05) is 5.32 Å². The number of H-pyrrole nitrogens is 1. The highest BCUT2D eigenvalue weighted by Gasteiger charge is 2.31. The number of nitrogens with one attached hydrogen (secondary N) is 2. The molecule has 200 valence electrons. The monoisotopic (exact) mass is 515 g/mol. The van der Waals surface area contributed by atoms with Crippen LogP contribution in [0.25, 0.3) is 10.9 Å². The quantitative estimate of drug-likeness (QED) is 0.384. The van der Waals surface area contributed by atoms with E-state index in [9.17, 15) is 14.9 Å². The molecule has 5 rings (SSSR count). The molecule has 3 aromatic rings. The van der Waals surface area contributed by atoms with Crippen molar-refractivity contribution < 1.29 is 9.53 Å². The highest BCUT2D eigenvalue weighted by molar-refractivity contribution is 5.91. The van der Waals surface area contributed by atoms with Crippen LogP contribution in [-0.4, -0.2) is 26.3 Å². The SMILES string of the molecule is CC(C)(C)OC(=O)C1CCC(c2ccc(Nc3nn([C@H]4CCCC[C@@H]4C#N)c4cc[nH]c(=O)c34)cc2)CC1. The molecule has 0 unspecified atom stereocenters. The minimum absolute atomic E-state index is 0.0160. The topological polar surface area (TPSA) is 113 Å². The van der Waals surface area contributed by atoms with Gasteiger partial charge in [-0.1, -0.05) is 25.0 Å². The number of carbonyl (C=O) groups is 1. The standard InChI is InChI=1S/C30H37N5O3/c1-30(2,3)38-29(37)21-10-8-19(9-11-21)20-12-14-23(15-13-20)33-27-26-25(16-17-32-28(26)36)35(34-27)24-7-5-4-6-22(24)18-31/h12-17,19,21-22,24H,4-11H2,1-3H3,(H,32,36)(H,33,34)/t19?,21?,22-,24+/m1/s1. The van der Waals surface area contributed by atoms with Crippen molar-refractivity contribution in [2.45, 2.75) is 89.7 Å². The van der Waals surface area contributed by atoms with Crippen molar-refractivity contribution in [2.24, 2.45) is 11.8 Å². The van der Waals surface area contributed by atoms with Crippen molar-refractivity contribution in [3.8, 4) is 6.07 Å². The number of ether oxygens (including phenoxy) is 1. The Morgan fingerprint density at radius 1 is 1.08 bits per heavy atom. The summed E-state index contributed by atoms with van der Waals surface area (Å²) >= 11 is 0. The Bertz CT molecular complexity index is 1380.